The van der Waals surface area contributed by atoms with Gasteiger partial charge in [-0.1, -0.05) is 46.9 Å². The van der Waals surface area contributed by atoms with Gasteiger partial charge in [-0.15, -0.1) is 0 Å². The maximum Gasteiger partial charge on any atom is 0.243 e. The number of nitrogens with one attached hydrogen (secondary N) is 1. The second-order valence-electron chi connectivity index (χ2n) is 7.44. The van der Waals surface area contributed by atoms with Crippen LogP contribution in [0, 0.1) is 0 Å². The van der Waals surface area contributed by atoms with Crippen LogP contribution in [0.5, 0.6) is 11.5 Å². The van der Waals surface area contributed by atoms with E-state index >= 15 is 0 Å². The SMILES string of the molecule is COc1ccc(CNC(=O)CN(Cc2ccc(Cl)c(Cl)c2)S(=O)(=O)c2ccc(Cl)cc2)cc1OC. The Labute approximate surface area is 219 Å². The fourth-order valence-electron chi connectivity index (χ4n) is 3.23. The van der Waals surface area contributed by atoms with Gasteiger partial charge >= 0.3 is 0 Å². The summed E-state index contributed by atoms with van der Waals surface area (Å²) in [7, 11) is -0.988. The van der Waals surface area contributed by atoms with Gasteiger partial charge in [-0.05, 0) is 59.7 Å². The van der Waals surface area contributed by atoms with E-state index in [4.69, 9.17) is 44.3 Å². The quantitative estimate of drug-likeness (QED) is 0.372. The molecule has 35 heavy (non-hydrogen) atoms. The lowest BCUT2D eigenvalue weighted by atomic mass is 10.2. The highest BCUT2D eigenvalue weighted by Gasteiger charge is 2.27. The van der Waals surface area contributed by atoms with Crippen LogP contribution in [0.4, 0.5) is 0 Å². The van der Waals surface area contributed by atoms with E-state index in [2.05, 4.69) is 5.32 Å². The number of amides is 1. The minimum Gasteiger partial charge on any atom is -0.493 e. The van der Waals surface area contributed by atoms with E-state index in [0.717, 1.165) is 9.87 Å². The summed E-state index contributed by atoms with van der Waals surface area (Å²) in [6, 6.07) is 15.8. The molecule has 0 spiro atoms. The summed E-state index contributed by atoms with van der Waals surface area (Å²) < 4.78 is 38.3. The highest BCUT2D eigenvalue weighted by Crippen LogP contribution is 2.28. The maximum atomic E-state index is 13.4. The molecule has 0 bridgehead atoms. The van der Waals surface area contributed by atoms with E-state index in [1.165, 1.54) is 38.5 Å². The fraction of sp³-hybridized carbons (Fsp3) is 0.208. The Morgan fingerprint density at radius 1 is 0.857 bits per heavy atom. The molecule has 3 aromatic rings. The van der Waals surface area contributed by atoms with Crippen LogP contribution in [-0.4, -0.2) is 39.4 Å². The minimum absolute atomic E-state index is 0.00894. The Bertz CT molecular complexity index is 1300. The molecule has 0 aromatic heterocycles. The molecule has 0 fully saturated rings. The van der Waals surface area contributed by atoms with Crippen LogP contribution in [0.15, 0.2) is 65.6 Å². The number of sulfonamides is 1. The number of carbonyl (C=O) groups is 1. The number of hydrogen-bond acceptors (Lipinski definition) is 5. The molecule has 0 aliphatic heterocycles. The minimum atomic E-state index is -4.04. The summed E-state index contributed by atoms with van der Waals surface area (Å²) in [4.78, 5) is 12.8. The Balaban J connectivity index is 1.81. The highest BCUT2D eigenvalue weighted by molar-refractivity contribution is 7.89. The van der Waals surface area contributed by atoms with Gasteiger partial charge < -0.3 is 14.8 Å². The molecule has 0 heterocycles. The van der Waals surface area contributed by atoms with Crippen molar-refractivity contribution in [2.45, 2.75) is 18.0 Å². The number of benzene rings is 3. The molecule has 1 amide bonds. The zero-order valence-electron chi connectivity index (χ0n) is 18.9. The molecule has 0 unspecified atom stereocenters. The van der Waals surface area contributed by atoms with Crippen molar-refractivity contribution in [2.75, 3.05) is 20.8 Å². The van der Waals surface area contributed by atoms with Crippen molar-refractivity contribution in [1.29, 1.82) is 0 Å². The molecular formula is C24H23Cl3N2O5S. The molecule has 0 saturated carbocycles. The standard InChI is InChI=1S/C24H23Cl3N2O5S/c1-33-22-10-4-16(12-23(22)34-2)13-28-24(30)15-29(14-17-3-9-20(26)21(27)11-17)35(31,32)19-7-5-18(25)6-8-19/h3-12H,13-15H2,1-2H3,(H,28,30). The van der Waals surface area contributed by atoms with Gasteiger partial charge in [0.15, 0.2) is 11.5 Å². The van der Waals surface area contributed by atoms with Gasteiger partial charge in [0.05, 0.1) is 35.7 Å². The number of carbonyl (C=O) groups excluding carboxylic acids is 1. The number of ether oxygens (including phenoxy) is 2. The third-order valence-electron chi connectivity index (χ3n) is 5.05. The predicted molar refractivity (Wildman–Crippen MR) is 137 cm³/mol. The lowest BCUT2D eigenvalue weighted by Gasteiger charge is -2.22. The van der Waals surface area contributed by atoms with Crippen molar-refractivity contribution in [3.8, 4) is 11.5 Å². The fourth-order valence-corrected chi connectivity index (χ4v) is 5.06. The van der Waals surface area contributed by atoms with Gasteiger partial charge in [-0.2, -0.15) is 4.31 Å². The zero-order chi connectivity index (χ0) is 25.6. The third-order valence-corrected chi connectivity index (χ3v) is 7.85. The Hall–Kier alpha value is -2.49. The van der Waals surface area contributed by atoms with E-state index < -0.39 is 22.5 Å². The van der Waals surface area contributed by atoms with Crippen molar-refractivity contribution in [3.63, 3.8) is 0 Å². The number of halogens is 3. The first-order valence-electron chi connectivity index (χ1n) is 10.3. The molecule has 0 aliphatic rings. The molecule has 0 aliphatic carbocycles. The molecule has 0 radical (unpaired) electrons. The average molecular weight is 558 g/mol. The maximum absolute atomic E-state index is 13.4. The molecular weight excluding hydrogens is 535 g/mol. The van der Waals surface area contributed by atoms with Gasteiger partial charge in [0.2, 0.25) is 15.9 Å². The molecule has 0 saturated heterocycles. The van der Waals surface area contributed by atoms with Crippen LogP contribution < -0.4 is 14.8 Å². The van der Waals surface area contributed by atoms with Crippen molar-refractivity contribution in [3.05, 3.63) is 86.9 Å². The van der Waals surface area contributed by atoms with E-state index in [1.54, 1.807) is 36.4 Å². The lowest BCUT2D eigenvalue weighted by Crippen LogP contribution is -2.40. The smallest absolute Gasteiger partial charge is 0.243 e. The zero-order valence-corrected chi connectivity index (χ0v) is 22.0. The average Bonchev–Trinajstić information content (AvgIpc) is 2.84. The first kappa shape index (κ1) is 27.1. The first-order chi connectivity index (χ1) is 16.6. The third kappa shape index (κ3) is 7.02. The highest BCUT2D eigenvalue weighted by atomic mass is 35.5. The largest absolute Gasteiger partial charge is 0.493 e. The van der Waals surface area contributed by atoms with Gasteiger partial charge in [-0.3, -0.25) is 4.79 Å². The van der Waals surface area contributed by atoms with Crippen LogP contribution in [0.3, 0.4) is 0 Å². The summed E-state index contributed by atoms with van der Waals surface area (Å²) >= 11 is 18.0. The van der Waals surface area contributed by atoms with Crippen molar-refractivity contribution < 1.29 is 22.7 Å². The molecule has 3 aromatic carbocycles. The van der Waals surface area contributed by atoms with Gasteiger partial charge in [0.1, 0.15) is 0 Å². The second kappa shape index (κ2) is 12.0. The molecule has 0 atom stereocenters. The summed E-state index contributed by atoms with van der Waals surface area (Å²) in [6.07, 6.45) is 0. The molecule has 11 heteroatoms. The van der Waals surface area contributed by atoms with Crippen LogP contribution in [0.1, 0.15) is 11.1 Å². The summed E-state index contributed by atoms with van der Waals surface area (Å²) in [6.45, 7) is -0.342. The summed E-state index contributed by atoms with van der Waals surface area (Å²) in [5, 5.41) is 3.77. The Kier molecular flexibility index (Phi) is 9.27. The molecule has 3 rings (SSSR count). The monoisotopic (exact) mass is 556 g/mol. The van der Waals surface area contributed by atoms with E-state index in [0.29, 0.717) is 27.1 Å². The van der Waals surface area contributed by atoms with Gasteiger partial charge in [0, 0.05) is 18.1 Å². The number of methoxy groups -OCH3 is 2. The number of hydrogen-bond donors (Lipinski definition) is 1. The Morgan fingerprint density at radius 2 is 1.51 bits per heavy atom. The van der Waals surface area contributed by atoms with Gasteiger partial charge in [0.25, 0.3) is 0 Å². The molecule has 7 nitrogen and oxygen atoms in total. The van der Waals surface area contributed by atoms with Crippen molar-refractivity contribution >= 4 is 50.7 Å². The first-order valence-corrected chi connectivity index (χ1v) is 12.9. The Morgan fingerprint density at radius 3 is 2.14 bits per heavy atom. The number of nitrogens with zero attached hydrogens (tertiary/aromatic N) is 1. The lowest BCUT2D eigenvalue weighted by molar-refractivity contribution is -0.121. The van der Waals surface area contributed by atoms with Crippen LogP contribution >= 0.6 is 34.8 Å². The molecule has 1 N–H and O–H groups in total. The second-order valence-corrected chi connectivity index (χ2v) is 10.6. The van der Waals surface area contributed by atoms with E-state index in [9.17, 15) is 13.2 Å². The van der Waals surface area contributed by atoms with E-state index in [1.807, 2.05) is 0 Å². The van der Waals surface area contributed by atoms with Gasteiger partial charge in [-0.25, -0.2) is 8.42 Å². The normalized spacial score (nSPS) is 11.4. The summed E-state index contributed by atoms with van der Waals surface area (Å²) in [5.41, 5.74) is 1.33. The number of rotatable bonds is 10. The van der Waals surface area contributed by atoms with Crippen molar-refractivity contribution in [1.82, 2.24) is 9.62 Å². The van der Waals surface area contributed by atoms with Crippen LogP contribution in [0.25, 0.3) is 0 Å². The topological polar surface area (TPSA) is 84.9 Å². The summed E-state index contributed by atoms with van der Waals surface area (Å²) in [5.74, 6) is 0.590. The van der Waals surface area contributed by atoms with Crippen LogP contribution in [-0.2, 0) is 27.9 Å². The molecule has 186 valence electrons. The van der Waals surface area contributed by atoms with Crippen LogP contribution in [0.2, 0.25) is 15.1 Å². The van der Waals surface area contributed by atoms with Crippen molar-refractivity contribution in [2.24, 2.45) is 0 Å². The van der Waals surface area contributed by atoms with E-state index in [-0.39, 0.29) is 23.0 Å². The predicted octanol–water partition coefficient (Wildman–Crippen LogP) is 5.17.